The minimum atomic E-state index is -0.0383. The van der Waals surface area contributed by atoms with Gasteiger partial charge in [-0.2, -0.15) is 0 Å². The summed E-state index contributed by atoms with van der Waals surface area (Å²) >= 11 is 3.66. The van der Waals surface area contributed by atoms with Crippen molar-refractivity contribution < 1.29 is 9.53 Å². The Morgan fingerprint density at radius 1 is 1.08 bits per heavy atom. The fourth-order valence-corrected chi connectivity index (χ4v) is 5.68. The van der Waals surface area contributed by atoms with Gasteiger partial charge in [-0.25, -0.2) is 9.97 Å². The average molecular weight is 594 g/mol. The molecule has 3 heterocycles. The number of ether oxygens (including phenoxy) is 1. The summed E-state index contributed by atoms with van der Waals surface area (Å²) in [5, 5.41) is 9.83. The third-order valence-corrected chi connectivity index (χ3v) is 8.12. The fraction of sp³-hybridized carbons (Fsp3) is 0.433. The molecule has 3 N–H and O–H groups in total. The highest BCUT2D eigenvalue weighted by molar-refractivity contribution is 9.10. The van der Waals surface area contributed by atoms with Crippen molar-refractivity contribution in [3.63, 3.8) is 0 Å². The molecule has 8 nitrogen and oxygen atoms in total. The Labute approximate surface area is 239 Å². The van der Waals surface area contributed by atoms with Crippen LogP contribution in [0.15, 0.2) is 59.1 Å². The largest absolute Gasteiger partial charge is 0.376 e. The first-order valence-corrected chi connectivity index (χ1v) is 14.6. The quantitative estimate of drug-likeness (QED) is 0.282. The fourth-order valence-electron chi connectivity index (χ4n) is 5.20. The van der Waals surface area contributed by atoms with Gasteiger partial charge in [0.25, 0.3) is 0 Å². The van der Waals surface area contributed by atoms with E-state index in [9.17, 15) is 4.79 Å². The van der Waals surface area contributed by atoms with Crippen molar-refractivity contribution in [3.05, 3.63) is 70.2 Å². The van der Waals surface area contributed by atoms with E-state index in [1.807, 2.05) is 30.3 Å². The smallest absolute Gasteiger partial charge is 0.216 e. The number of nitrogens with one attached hydrogen (secondary N) is 3. The zero-order chi connectivity index (χ0) is 27.0. The van der Waals surface area contributed by atoms with E-state index in [1.165, 1.54) is 17.0 Å². The highest BCUT2D eigenvalue weighted by Crippen LogP contribution is 2.32. The first-order chi connectivity index (χ1) is 19.0. The lowest BCUT2D eigenvalue weighted by molar-refractivity contribution is -0.118. The molecule has 0 saturated carbocycles. The molecular formula is C30H37BrN6O2. The van der Waals surface area contributed by atoms with Crippen molar-refractivity contribution in [3.8, 4) is 11.4 Å². The molecule has 3 aromatic rings. The summed E-state index contributed by atoms with van der Waals surface area (Å²) in [5.74, 6) is 2.32. The second kappa shape index (κ2) is 13.4. The minimum absolute atomic E-state index is 0.0383. The van der Waals surface area contributed by atoms with Gasteiger partial charge in [-0.05, 0) is 30.9 Å². The van der Waals surface area contributed by atoms with Crippen LogP contribution in [-0.4, -0.2) is 72.3 Å². The summed E-state index contributed by atoms with van der Waals surface area (Å²) in [4.78, 5) is 23.5. The predicted octanol–water partition coefficient (Wildman–Crippen LogP) is 4.51. The number of carbonyl (C=O) groups excluding carboxylic acids is 1. The number of anilines is 2. The topological polar surface area (TPSA) is 91.4 Å². The SMILES string of the molecule is CC(=O)NCCNc1nc(-c2ccccc2)nc2c1CC(COC1CCN(CCc3ccccc3Br)CC1)N2. The molecule has 1 atom stereocenters. The molecule has 1 amide bonds. The average Bonchev–Trinajstić information content (AvgIpc) is 3.38. The van der Waals surface area contributed by atoms with Gasteiger partial charge in [-0.1, -0.05) is 64.5 Å². The molecule has 5 rings (SSSR count). The Morgan fingerprint density at radius 3 is 2.62 bits per heavy atom. The molecule has 2 aliphatic rings. The molecule has 1 fully saturated rings. The first kappa shape index (κ1) is 27.6. The number of nitrogens with zero attached hydrogens (tertiary/aromatic N) is 3. The number of aromatic nitrogens is 2. The molecule has 1 unspecified atom stereocenters. The second-order valence-corrected chi connectivity index (χ2v) is 11.1. The third-order valence-electron chi connectivity index (χ3n) is 7.34. The van der Waals surface area contributed by atoms with E-state index in [1.54, 1.807) is 0 Å². The van der Waals surface area contributed by atoms with Crippen molar-refractivity contribution in [1.82, 2.24) is 20.2 Å². The molecule has 206 valence electrons. The van der Waals surface area contributed by atoms with Crippen LogP contribution in [0, 0.1) is 0 Å². The molecule has 1 aromatic heterocycles. The predicted molar refractivity (Wildman–Crippen MR) is 159 cm³/mol. The van der Waals surface area contributed by atoms with Crippen LogP contribution in [0.2, 0.25) is 0 Å². The lowest BCUT2D eigenvalue weighted by Gasteiger charge is -2.32. The summed E-state index contributed by atoms with van der Waals surface area (Å²) in [6.45, 7) is 6.52. The molecule has 0 aliphatic carbocycles. The Morgan fingerprint density at radius 2 is 1.85 bits per heavy atom. The van der Waals surface area contributed by atoms with Gasteiger partial charge < -0.3 is 25.6 Å². The molecule has 0 radical (unpaired) electrons. The number of hydrogen-bond acceptors (Lipinski definition) is 7. The van der Waals surface area contributed by atoms with E-state index >= 15 is 0 Å². The Balaban J connectivity index is 1.13. The van der Waals surface area contributed by atoms with Gasteiger partial charge >= 0.3 is 0 Å². The molecule has 1 saturated heterocycles. The van der Waals surface area contributed by atoms with E-state index in [2.05, 4.69) is 61.0 Å². The maximum absolute atomic E-state index is 11.3. The molecule has 9 heteroatoms. The van der Waals surface area contributed by atoms with Gasteiger partial charge in [0.15, 0.2) is 5.82 Å². The van der Waals surface area contributed by atoms with Gasteiger partial charge in [0, 0.05) is 61.7 Å². The number of carbonyl (C=O) groups is 1. The van der Waals surface area contributed by atoms with E-state index in [0.717, 1.165) is 68.1 Å². The van der Waals surface area contributed by atoms with Crippen LogP contribution >= 0.6 is 15.9 Å². The van der Waals surface area contributed by atoms with Crippen molar-refractivity contribution in [2.24, 2.45) is 0 Å². The molecule has 2 aliphatic heterocycles. The van der Waals surface area contributed by atoms with Crippen molar-refractivity contribution >= 4 is 33.5 Å². The van der Waals surface area contributed by atoms with Gasteiger partial charge in [0.05, 0.1) is 18.8 Å². The van der Waals surface area contributed by atoms with E-state index in [4.69, 9.17) is 14.7 Å². The highest BCUT2D eigenvalue weighted by Gasteiger charge is 2.28. The van der Waals surface area contributed by atoms with Crippen LogP contribution < -0.4 is 16.0 Å². The van der Waals surface area contributed by atoms with E-state index in [0.29, 0.717) is 25.5 Å². The monoisotopic (exact) mass is 592 g/mol. The minimum Gasteiger partial charge on any atom is -0.376 e. The maximum atomic E-state index is 11.3. The van der Waals surface area contributed by atoms with Crippen LogP contribution in [0.25, 0.3) is 11.4 Å². The number of hydrogen-bond donors (Lipinski definition) is 3. The summed E-state index contributed by atoms with van der Waals surface area (Å²) in [5.41, 5.74) is 3.41. The van der Waals surface area contributed by atoms with Crippen molar-refractivity contribution in [2.45, 2.75) is 44.8 Å². The standard InChI is InChI=1S/C30H37BrN6O2/c1-21(38)32-14-15-33-29-26-19-24(34-30(26)36-28(35-29)23-8-3-2-4-9-23)20-39-25-12-17-37(18-13-25)16-11-22-7-5-6-10-27(22)31/h2-10,24-25H,11-20H2,1H3,(H,32,38)(H2,33,34,35,36). The molecular weight excluding hydrogens is 556 g/mol. The van der Waals surface area contributed by atoms with Crippen LogP contribution in [0.3, 0.4) is 0 Å². The van der Waals surface area contributed by atoms with E-state index in [-0.39, 0.29) is 18.1 Å². The number of amides is 1. The molecule has 0 bridgehead atoms. The van der Waals surface area contributed by atoms with Gasteiger partial charge in [0.1, 0.15) is 11.6 Å². The van der Waals surface area contributed by atoms with Gasteiger partial charge in [-0.15, -0.1) is 0 Å². The van der Waals surface area contributed by atoms with Crippen molar-refractivity contribution in [2.75, 3.05) is 50.0 Å². The summed E-state index contributed by atoms with van der Waals surface area (Å²) in [6.07, 6.45) is 4.27. The Hall–Kier alpha value is -3.01. The number of piperidine rings is 1. The second-order valence-electron chi connectivity index (χ2n) is 10.3. The van der Waals surface area contributed by atoms with Crippen LogP contribution in [-0.2, 0) is 22.4 Å². The maximum Gasteiger partial charge on any atom is 0.216 e. The zero-order valence-corrected chi connectivity index (χ0v) is 24.0. The van der Waals surface area contributed by atoms with Crippen molar-refractivity contribution in [1.29, 1.82) is 0 Å². The number of fused-ring (bicyclic) bond motifs is 1. The van der Waals surface area contributed by atoms with Crippen LogP contribution in [0.1, 0.15) is 30.9 Å². The molecule has 0 spiro atoms. The summed E-state index contributed by atoms with van der Waals surface area (Å²) in [7, 11) is 0. The molecule has 39 heavy (non-hydrogen) atoms. The highest BCUT2D eigenvalue weighted by atomic mass is 79.9. The lowest BCUT2D eigenvalue weighted by Crippen LogP contribution is -2.39. The number of rotatable bonds is 11. The summed E-state index contributed by atoms with van der Waals surface area (Å²) in [6, 6.07) is 18.6. The third kappa shape index (κ3) is 7.56. The number of benzene rings is 2. The van der Waals surface area contributed by atoms with Crippen LogP contribution in [0.5, 0.6) is 0 Å². The Bertz CT molecular complexity index is 1250. The zero-order valence-electron chi connectivity index (χ0n) is 22.5. The normalized spacial score (nSPS) is 17.4. The summed E-state index contributed by atoms with van der Waals surface area (Å²) < 4.78 is 7.59. The number of halogens is 1. The Kier molecular flexibility index (Phi) is 9.44. The first-order valence-electron chi connectivity index (χ1n) is 13.8. The van der Waals surface area contributed by atoms with Gasteiger partial charge in [0.2, 0.25) is 5.91 Å². The van der Waals surface area contributed by atoms with Crippen LogP contribution in [0.4, 0.5) is 11.6 Å². The lowest BCUT2D eigenvalue weighted by atomic mass is 10.1. The van der Waals surface area contributed by atoms with E-state index < -0.39 is 0 Å². The van der Waals surface area contributed by atoms with Gasteiger partial charge in [-0.3, -0.25) is 4.79 Å². The number of likely N-dealkylation sites (tertiary alicyclic amines) is 1. The molecule has 2 aromatic carbocycles.